The molecule has 158 valence electrons. The van der Waals surface area contributed by atoms with Gasteiger partial charge in [0.05, 0.1) is 12.7 Å². The molecule has 32 heavy (non-hydrogen) atoms. The average Bonchev–Trinajstić information content (AvgIpc) is 3.46. The van der Waals surface area contributed by atoms with Crippen LogP contribution in [0.4, 0.5) is 0 Å². The average molecular weight is 446 g/mol. The van der Waals surface area contributed by atoms with Crippen LogP contribution < -0.4 is 4.74 Å². The lowest BCUT2D eigenvalue weighted by Gasteiger charge is -2.06. The fraction of sp³-hybridized carbons (Fsp3) is 0.0870. The Bertz CT molecular complexity index is 1410. The minimum Gasteiger partial charge on any atom is -0.497 e. The summed E-state index contributed by atoms with van der Waals surface area (Å²) in [5, 5.41) is 5.27. The lowest BCUT2D eigenvalue weighted by molar-refractivity contribution is 0.102. The number of nitrogens with zero attached hydrogens (tertiary/aromatic N) is 5. The third kappa shape index (κ3) is 3.72. The van der Waals surface area contributed by atoms with E-state index in [0.29, 0.717) is 28.6 Å². The molecule has 0 saturated heterocycles. The molecule has 8 nitrogen and oxygen atoms in total. The second kappa shape index (κ2) is 8.24. The van der Waals surface area contributed by atoms with Crippen LogP contribution in [0.5, 0.6) is 5.75 Å². The first kappa shape index (κ1) is 19.9. The van der Waals surface area contributed by atoms with E-state index in [-0.39, 0.29) is 17.5 Å². The molecule has 0 atom stereocenters. The van der Waals surface area contributed by atoms with Gasteiger partial charge in [-0.3, -0.25) is 4.79 Å². The first-order chi connectivity index (χ1) is 15.6. The summed E-state index contributed by atoms with van der Waals surface area (Å²) in [6.07, 6.45) is 4.73. The predicted molar refractivity (Wildman–Crippen MR) is 118 cm³/mol. The molecule has 0 aliphatic carbocycles. The van der Waals surface area contributed by atoms with Crippen molar-refractivity contribution in [1.29, 1.82) is 0 Å². The summed E-state index contributed by atoms with van der Waals surface area (Å²) in [4.78, 5) is 25.5. The lowest BCUT2D eigenvalue weighted by atomic mass is 10.1. The number of carbonyl (C=O) groups excluding carboxylic acids is 1. The van der Waals surface area contributed by atoms with E-state index in [0.717, 1.165) is 16.5 Å². The maximum atomic E-state index is 13.3. The first-order valence-corrected chi connectivity index (χ1v) is 10.1. The van der Waals surface area contributed by atoms with Crippen LogP contribution in [0.15, 0.2) is 71.8 Å². The van der Waals surface area contributed by atoms with Gasteiger partial charge in [-0.1, -0.05) is 28.9 Å². The third-order valence-corrected chi connectivity index (χ3v) is 5.28. The quantitative estimate of drug-likeness (QED) is 0.357. The molecule has 0 saturated carbocycles. The van der Waals surface area contributed by atoms with Gasteiger partial charge in [0.15, 0.2) is 0 Å². The SMILES string of the molecule is COc1ccc2c(c1)c(C(=O)c1noc(-c3ccncn3)n1)cn2Cc1ccc(Cl)cc1. The van der Waals surface area contributed by atoms with E-state index in [2.05, 4.69) is 20.1 Å². The Labute approximate surface area is 187 Å². The van der Waals surface area contributed by atoms with Crippen molar-refractivity contribution >= 4 is 28.3 Å². The zero-order valence-corrected chi connectivity index (χ0v) is 17.7. The number of ether oxygens (including phenoxy) is 1. The lowest BCUT2D eigenvalue weighted by Crippen LogP contribution is -2.03. The number of ketones is 1. The highest BCUT2D eigenvalue weighted by atomic mass is 35.5. The van der Waals surface area contributed by atoms with E-state index in [1.165, 1.54) is 6.33 Å². The van der Waals surface area contributed by atoms with Crippen molar-refractivity contribution in [2.45, 2.75) is 6.54 Å². The van der Waals surface area contributed by atoms with Crippen LogP contribution in [0.3, 0.4) is 0 Å². The normalized spacial score (nSPS) is 11.1. The molecule has 5 aromatic rings. The van der Waals surface area contributed by atoms with Crippen LogP contribution in [0.25, 0.3) is 22.5 Å². The van der Waals surface area contributed by atoms with Crippen LogP contribution in [-0.2, 0) is 6.54 Å². The van der Waals surface area contributed by atoms with E-state index in [9.17, 15) is 4.79 Å². The van der Waals surface area contributed by atoms with Crippen molar-refractivity contribution in [1.82, 2.24) is 24.7 Å². The number of benzene rings is 2. The fourth-order valence-corrected chi connectivity index (χ4v) is 3.58. The molecular formula is C23H16ClN5O3. The molecule has 3 heterocycles. The zero-order valence-electron chi connectivity index (χ0n) is 16.9. The number of fused-ring (bicyclic) bond motifs is 1. The summed E-state index contributed by atoms with van der Waals surface area (Å²) < 4.78 is 12.6. The summed E-state index contributed by atoms with van der Waals surface area (Å²) in [6, 6.07) is 14.8. The number of hydrogen-bond donors (Lipinski definition) is 0. The number of methoxy groups -OCH3 is 1. The van der Waals surface area contributed by atoms with Gasteiger partial charge < -0.3 is 13.8 Å². The van der Waals surface area contributed by atoms with Gasteiger partial charge in [-0.05, 0) is 42.0 Å². The second-order valence-corrected chi connectivity index (χ2v) is 7.46. The molecule has 9 heteroatoms. The zero-order chi connectivity index (χ0) is 22.1. The predicted octanol–water partition coefficient (Wildman–Crippen LogP) is 4.42. The molecule has 3 aromatic heterocycles. The van der Waals surface area contributed by atoms with Gasteiger partial charge in [0.2, 0.25) is 11.6 Å². The van der Waals surface area contributed by atoms with Crippen molar-refractivity contribution in [3.05, 3.63) is 89.2 Å². The van der Waals surface area contributed by atoms with Crippen LogP contribution in [0.1, 0.15) is 21.7 Å². The summed E-state index contributed by atoms with van der Waals surface area (Å²) in [6.45, 7) is 0.561. The molecule has 0 amide bonds. The molecule has 0 radical (unpaired) electrons. The van der Waals surface area contributed by atoms with Crippen molar-refractivity contribution in [2.75, 3.05) is 7.11 Å². The van der Waals surface area contributed by atoms with Crippen LogP contribution >= 0.6 is 11.6 Å². The molecule has 0 fully saturated rings. The second-order valence-electron chi connectivity index (χ2n) is 7.03. The van der Waals surface area contributed by atoms with Gasteiger partial charge in [0.25, 0.3) is 5.89 Å². The fourth-order valence-electron chi connectivity index (χ4n) is 3.46. The molecule has 0 spiro atoms. The molecule has 5 rings (SSSR count). The van der Waals surface area contributed by atoms with Crippen molar-refractivity contribution in [3.8, 4) is 17.3 Å². The van der Waals surface area contributed by atoms with E-state index in [1.54, 1.807) is 25.6 Å². The summed E-state index contributed by atoms with van der Waals surface area (Å²) >= 11 is 6.01. The monoisotopic (exact) mass is 445 g/mol. The van der Waals surface area contributed by atoms with Crippen LogP contribution in [-0.4, -0.2) is 37.6 Å². The van der Waals surface area contributed by atoms with E-state index < -0.39 is 0 Å². The molecule has 2 aromatic carbocycles. The van der Waals surface area contributed by atoms with Crippen molar-refractivity contribution < 1.29 is 14.1 Å². The third-order valence-electron chi connectivity index (χ3n) is 5.03. The Balaban J connectivity index is 1.56. The maximum absolute atomic E-state index is 13.3. The number of aromatic nitrogens is 5. The topological polar surface area (TPSA) is 95.9 Å². The van der Waals surface area contributed by atoms with Gasteiger partial charge in [0, 0.05) is 34.9 Å². The standard InChI is InChI=1S/C23H16ClN5O3/c1-31-16-6-7-20-17(10-16)18(12-29(20)11-14-2-4-15(24)5-3-14)21(30)22-27-23(32-28-22)19-8-9-25-13-26-19/h2-10,12-13H,11H2,1H3. The molecular weight excluding hydrogens is 430 g/mol. The van der Waals surface area contributed by atoms with Gasteiger partial charge in [0.1, 0.15) is 17.8 Å². The summed E-state index contributed by atoms with van der Waals surface area (Å²) in [7, 11) is 1.58. The minimum absolute atomic E-state index is 0.0491. The smallest absolute Gasteiger partial charge is 0.277 e. The summed E-state index contributed by atoms with van der Waals surface area (Å²) in [5.41, 5.74) is 2.82. The highest BCUT2D eigenvalue weighted by Crippen LogP contribution is 2.29. The van der Waals surface area contributed by atoms with Crippen molar-refractivity contribution in [3.63, 3.8) is 0 Å². The minimum atomic E-state index is -0.359. The van der Waals surface area contributed by atoms with Crippen molar-refractivity contribution in [2.24, 2.45) is 0 Å². The Hall–Kier alpha value is -4.04. The molecule has 0 N–H and O–H groups in total. The van der Waals surface area contributed by atoms with E-state index in [1.807, 2.05) is 47.0 Å². The maximum Gasteiger partial charge on any atom is 0.277 e. The Morgan fingerprint density at radius 3 is 2.75 bits per heavy atom. The number of rotatable bonds is 6. The largest absolute Gasteiger partial charge is 0.497 e. The summed E-state index contributed by atoms with van der Waals surface area (Å²) in [5.74, 6) is 0.387. The van der Waals surface area contributed by atoms with E-state index in [4.69, 9.17) is 20.9 Å². The molecule has 0 bridgehead atoms. The molecule has 0 unspecified atom stereocenters. The number of carbonyl (C=O) groups is 1. The first-order valence-electron chi connectivity index (χ1n) is 9.68. The number of halogens is 1. The van der Waals surface area contributed by atoms with Gasteiger partial charge in [-0.2, -0.15) is 4.98 Å². The highest BCUT2D eigenvalue weighted by molar-refractivity contribution is 6.30. The van der Waals surface area contributed by atoms with Gasteiger partial charge in [-0.15, -0.1) is 0 Å². The van der Waals surface area contributed by atoms with Crippen LogP contribution in [0.2, 0.25) is 5.02 Å². The Morgan fingerprint density at radius 2 is 2.00 bits per heavy atom. The van der Waals surface area contributed by atoms with Crippen LogP contribution in [0, 0.1) is 0 Å². The number of hydrogen-bond acceptors (Lipinski definition) is 7. The molecule has 0 aliphatic rings. The Kier molecular flexibility index (Phi) is 5.12. The highest BCUT2D eigenvalue weighted by Gasteiger charge is 2.23. The van der Waals surface area contributed by atoms with Gasteiger partial charge >= 0.3 is 0 Å². The molecule has 0 aliphatic heterocycles. The van der Waals surface area contributed by atoms with Gasteiger partial charge in [-0.25, -0.2) is 9.97 Å². The van der Waals surface area contributed by atoms with E-state index >= 15 is 0 Å². The Morgan fingerprint density at radius 1 is 1.16 bits per heavy atom.